The molecule has 5 rings (SSSR count). The Hall–Kier alpha value is -3.03. The van der Waals surface area contributed by atoms with Crippen LogP contribution in [0.25, 0.3) is 16.7 Å². The summed E-state index contributed by atoms with van der Waals surface area (Å²) in [6.07, 6.45) is -3.75. The predicted molar refractivity (Wildman–Crippen MR) is 111 cm³/mol. The number of nitrogens with two attached hydrogens (primary N) is 1. The van der Waals surface area contributed by atoms with E-state index in [9.17, 15) is 21.6 Å². The van der Waals surface area contributed by atoms with E-state index in [1.165, 1.54) is 33.1 Å². The largest absolute Gasteiger partial charge is 0.485 e. The highest BCUT2D eigenvalue weighted by Gasteiger charge is 2.37. The van der Waals surface area contributed by atoms with Gasteiger partial charge in [-0.25, -0.2) is 13.4 Å². The molecule has 4 heterocycles. The van der Waals surface area contributed by atoms with E-state index in [4.69, 9.17) is 19.9 Å². The number of alkyl halides is 3. The second-order valence-electron chi connectivity index (χ2n) is 7.47. The van der Waals surface area contributed by atoms with Crippen LogP contribution in [0.3, 0.4) is 0 Å². The molecule has 0 radical (unpaired) electrons. The van der Waals surface area contributed by atoms with Crippen LogP contribution in [-0.4, -0.2) is 61.8 Å². The summed E-state index contributed by atoms with van der Waals surface area (Å²) in [7, 11) is -3.95. The molecule has 2 aliphatic rings. The van der Waals surface area contributed by atoms with Crippen molar-refractivity contribution in [3.05, 3.63) is 36.0 Å². The number of ether oxygens (including phenoxy) is 3. The number of sulfonamides is 1. The average molecular weight is 484 g/mol. The van der Waals surface area contributed by atoms with E-state index in [2.05, 4.69) is 4.98 Å². The fourth-order valence-electron chi connectivity index (χ4n) is 3.94. The molecule has 3 aromatic rings. The summed E-state index contributed by atoms with van der Waals surface area (Å²) in [5.74, 6) is 0.00288. The Kier molecular flexibility index (Phi) is 5.14. The van der Waals surface area contributed by atoms with Gasteiger partial charge in [0.1, 0.15) is 29.6 Å². The van der Waals surface area contributed by atoms with Crippen molar-refractivity contribution in [1.29, 1.82) is 0 Å². The normalized spacial score (nSPS) is 17.4. The molecule has 0 amide bonds. The number of morpholine rings is 1. The quantitative estimate of drug-likeness (QED) is 0.608. The molecule has 1 saturated heterocycles. The lowest BCUT2D eigenvalue weighted by molar-refractivity contribution is -0.136. The lowest BCUT2D eigenvalue weighted by atomic mass is 10.2. The molecule has 0 bridgehead atoms. The van der Waals surface area contributed by atoms with Crippen LogP contribution < -0.4 is 15.2 Å². The maximum absolute atomic E-state index is 13.7. The number of benzene rings is 1. The molecule has 0 spiro atoms. The SMILES string of the molecule is Nc1ccc2c(C(F)(F)F)cn(-c3ccc(S(=O)(=O)N4CCOCC4)c4c3OCCO4)c2n1. The van der Waals surface area contributed by atoms with Crippen LogP contribution in [0, 0.1) is 0 Å². The van der Waals surface area contributed by atoms with Crippen LogP contribution in [0.4, 0.5) is 19.0 Å². The summed E-state index contributed by atoms with van der Waals surface area (Å²) < 4.78 is 86.6. The Balaban J connectivity index is 1.72. The van der Waals surface area contributed by atoms with E-state index in [-0.39, 0.29) is 78.5 Å². The van der Waals surface area contributed by atoms with Gasteiger partial charge >= 0.3 is 6.18 Å². The van der Waals surface area contributed by atoms with Crippen LogP contribution in [-0.2, 0) is 20.9 Å². The zero-order valence-corrected chi connectivity index (χ0v) is 17.9. The number of pyridine rings is 1. The van der Waals surface area contributed by atoms with Gasteiger partial charge in [0.2, 0.25) is 10.0 Å². The number of anilines is 1. The second-order valence-corrected chi connectivity index (χ2v) is 9.38. The van der Waals surface area contributed by atoms with E-state index in [0.717, 1.165) is 6.20 Å². The Morgan fingerprint density at radius 2 is 1.67 bits per heavy atom. The molecule has 1 aromatic carbocycles. The first-order valence-electron chi connectivity index (χ1n) is 10.0. The number of fused-ring (bicyclic) bond motifs is 2. The molecule has 0 saturated carbocycles. The first-order chi connectivity index (χ1) is 15.7. The molecule has 33 heavy (non-hydrogen) atoms. The van der Waals surface area contributed by atoms with Crippen LogP contribution in [0.5, 0.6) is 11.5 Å². The standard InChI is InChI=1S/C20H19F3N4O5S/c21-20(22,23)13-11-27(19-12(13)1-4-16(24)25-19)14-2-3-15(18-17(14)31-9-10-32-18)33(28,29)26-5-7-30-8-6-26/h1-4,11H,5-10H2,(H2,24,25). The molecular formula is C20H19F3N4O5S. The van der Waals surface area contributed by atoms with Crippen molar-refractivity contribution in [2.45, 2.75) is 11.1 Å². The predicted octanol–water partition coefficient (Wildman–Crippen LogP) is 2.42. The Morgan fingerprint density at radius 1 is 0.970 bits per heavy atom. The van der Waals surface area contributed by atoms with Crippen molar-refractivity contribution in [3.63, 3.8) is 0 Å². The minimum absolute atomic E-state index is 0.0189. The summed E-state index contributed by atoms with van der Waals surface area (Å²) in [6.45, 7) is 1.08. The fourth-order valence-corrected chi connectivity index (χ4v) is 5.48. The van der Waals surface area contributed by atoms with Crippen molar-refractivity contribution >= 4 is 26.9 Å². The van der Waals surface area contributed by atoms with Gasteiger partial charge in [-0.05, 0) is 24.3 Å². The lowest BCUT2D eigenvalue weighted by Crippen LogP contribution is -2.40. The smallest absolute Gasteiger partial charge is 0.418 e. The van der Waals surface area contributed by atoms with E-state index in [0.29, 0.717) is 0 Å². The molecule has 0 atom stereocenters. The van der Waals surface area contributed by atoms with Gasteiger partial charge in [0.15, 0.2) is 11.5 Å². The highest BCUT2D eigenvalue weighted by molar-refractivity contribution is 7.89. The first-order valence-corrected chi connectivity index (χ1v) is 11.5. The molecule has 13 heteroatoms. The minimum atomic E-state index is -4.64. The van der Waals surface area contributed by atoms with Crippen molar-refractivity contribution in [2.75, 3.05) is 45.3 Å². The summed E-state index contributed by atoms with van der Waals surface area (Å²) in [5.41, 5.74) is 4.95. The fraction of sp³-hybridized carbons (Fsp3) is 0.350. The van der Waals surface area contributed by atoms with E-state index < -0.39 is 21.8 Å². The van der Waals surface area contributed by atoms with Crippen LogP contribution in [0.2, 0.25) is 0 Å². The van der Waals surface area contributed by atoms with E-state index >= 15 is 0 Å². The third-order valence-electron chi connectivity index (χ3n) is 5.46. The van der Waals surface area contributed by atoms with Crippen molar-refractivity contribution in [1.82, 2.24) is 13.9 Å². The van der Waals surface area contributed by atoms with Gasteiger partial charge in [-0.3, -0.25) is 4.57 Å². The monoisotopic (exact) mass is 484 g/mol. The molecule has 176 valence electrons. The molecule has 1 fully saturated rings. The molecule has 2 aliphatic heterocycles. The van der Waals surface area contributed by atoms with Crippen molar-refractivity contribution in [3.8, 4) is 17.2 Å². The zero-order valence-electron chi connectivity index (χ0n) is 17.1. The Labute approximate surface area is 186 Å². The molecular weight excluding hydrogens is 465 g/mol. The van der Waals surface area contributed by atoms with Gasteiger partial charge in [0, 0.05) is 24.7 Å². The summed E-state index contributed by atoms with van der Waals surface area (Å²) in [6, 6.07) is 5.22. The van der Waals surface area contributed by atoms with Gasteiger partial charge in [-0.15, -0.1) is 0 Å². The average Bonchev–Trinajstić information content (AvgIpc) is 3.18. The topological polar surface area (TPSA) is 109 Å². The Bertz CT molecular complexity index is 1330. The van der Waals surface area contributed by atoms with Gasteiger partial charge in [0.25, 0.3) is 0 Å². The number of nitrogens with zero attached hydrogens (tertiary/aromatic N) is 3. The third kappa shape index (κ3) is 3.65. The highest BCUT2D eigenvalue weighted by atomic mass is 32.2. The minimum Gasteiger partial charge on any atom is -0.485 e. The van der Waals surface area contributed by atoms with Crippen molar-refractivity contribution in [2.24, 2.45) is 0 Å². The Morgan fingerprint density at radius 3 is 2.36 bits per heavy atom. The molecule has 2 aromatic heterocycles. The van der Waals surface area contributed by atoms with Gasteiger partial charge in [0.05, 0.1) is 24.5 Å². The zero-order chi connectivity index (χ0) is 23.4. The van der Waals surface area contributed by atoms with Gasteiger partial charge in [-0.1, -0.05) is 0 Å². The third-order valence-corrected chi connectivity index (χ3v) is 7.38. The van der Waals surface area contributed by atoms with E-state index in [1.807, 2.05) is 0 Å². The van der Waals surface area contributed by atoms with Crippen LogP contribution >= 0.6 is 0 Å². The van der Waals surface area contributed by atoms with Gasteiger partial charge in [-0.2, -0.15) is 17.5 Å². The molecule has 0 unspecified atom stereocenters. The highest BCUT2D eigenvalue weighted by Crippen LogP contribution is 2.45. The first kappa shape index (κ1) is 21.8. The van der Waals surface area contributed by atoms with Crippen LogP contribution in [0.15, 0.2) is 35.4 Å². The number of rotatable bonds is 3. The maximum atomic E-state index is 13.7. The maximum Gasteiger partial charge on any atom is 0.418 e. The van der Waals surface area contributed by atoms with E-state index in [1.54, 1.807) is 0 Å². The van der Waals surface area contributed by atoms with Crippen LogP contribution in [0.1, 0.15) is 5.56 Å². The number of aromatic nitrogens is 2. The van der Waals surface area contributed by atoms with Crippen molar-refractivity contribution < 1.29 is 35.8 Å². The second kappa shape index (κ2) is 7.78. The number of nitrogen functional groups attached to an aromatic ring is 1. The summed E-state index contributed by atoms with van der Waals surface area (Å²) in [4.78, 5) is 3.96. The number of hydrogen-bond acceptors (Lipinski definition) is 7. The lowest BCUT2D eigenvalue weighted by Gasteiger charge is -2.29. The summed E-state index contributed by atoms with van der Waals surface area (Å²) in [5, 5.41) is -0.146. The molecule has 0 aliphatic carbocycles. The molecule has 2 N–H and O–H groups in total. The number of halogens is 3. The molecule has 9 nitrogen and oxygen atoms in total. The summed E-state index contributed by atoms with van der Waals surface area (Å²) >= 11 is 0. The van der Waals surface area contributed by atoms with Gasteiger partial charge < -0.3 is 19.9 Å². The number of hydrogen-bond donors (Lipinski definition) is 1.